The van der Waals surface area contributed by atoms with Gasteiger partial charge in [0.15, 0.2) is 0 Å². The summed E-state index contributed by atoms with van der Waals surface area (Å²) >= 11 is 0. The quantitative estimate of drug-likeness (QED) is 0.638. The molecule has 1 aromatic carbocycles. The lowest BCUT2D eigenvalue weighted by molar-refractivity contribution is -0.141. The van der Waals surface area contributed by atoms with Crippen LogP contribution in [0.15, 0.2) is 35.2 Å². The Morgan fingerprint density at radius 3 is 2.19 bits per heavy atom. The normalized spacial score (nSPS) is 15.4. The van der Waals surface area contributed by atoms with E-state index in [9.17, 15) is 13.2 Å². The Balaban J connectivity index is 3.37. The third-order valence-electron chi connectivity index (χ3n) is 2.13. The fourth-order valence-corrected chi connectivity index (χ4v) is 2.41. The van der Waals surface area contributed by atoms with Gasteiger partial charge in [-0.15, -0.1) is 0 Å². The minimum absolute atomic E-state index is 0.242. The lowest BCUT2D eigenvalue weighted by Crippen LogP contribution is -2.57. The van der Waals surface area contributed by atoms with Gasteiger partial charge in [0.25, 0.3) is 0 Å². The Morgan fingerprint density at radius 1 is 1.31 bits per heavy atom. The van der Waals surface area contributed by atoms with Crippen LogP contribution < -0.4 is 5.73 Å². The number of carboxylic acids is 1. The van der Waals surface area contributed by atoms with Crippen molar-refractivity contribution in [2.24, 2.45) is 5.73 Å². The molecule has 1 aromatic rings. The highest BCUT2D eigenvalue weighted by Crippen LogP contribution is 2.21. The summed E-state index contributed by atoms with van der Waals surface area (Å²) in [6.45, 7) is -1.19. The van der Waals surface area contributed by atoms with E-state index in [1.807, 2.05) is 0 Å². The van der Waals surface area contributed by atoms with Crippen LogP contribution in [0.4, 0.5) is 0 Å². The van der Waals surface area contributed by atoms with E-state index in [1.54, 1.807) is 6.07 Å². The van der Waals surface area contributed by atoms with E-state index < -0.39 is 27.3 Å². The highest BCUT2D eigenvalue weighted by atomic mass is 32.2. The minimum Gasteiger partial charge on any atom is -0.479 e. The van der Waals surface area contributed by atoms with Crippen LogP contribution in [0.25, 0.3) is 0 Å². The molecular weight excluding hydrogens is 234 g/mol. The Kier molecular flexibility index (Phi) is 3.32. The molecule has 0 aliphatic heterocycles. The third kappa shape index (κ3) is 1.80. The highest BCUT2D eigenvalue weighted by molar-refractivity contribution is 7.93. The first-order valence-corrected chi connectivity index (χ1v) is 5.77. The number of carbonyl (C=O) groups is 1. The monoisotopic (exact) mass is 245 g/mol. The van der Waals surface area contributed by atoms with E-state index in [2.05, 4.69) is 0 Å². The zero-order valence-electron chi connectivity index (χ0n) is 8.20. The molecule has 7 heteroatoms. The summed E-state index contributed by atoms with van der Waals surface area (Å²) < 4.78 is 23.7. The van der Waals surface area contributed by atoms with Crippen molar-refractivity contribution < 1.29 is 23.4 Å². The molecule has 0 fully saturated rings. The molecule has 1 rings (SSSR count). The number of carboxylic acid groups (broad SMARTS) is 1. The maximum absolute atomic E-state index is 11.9. The fourth-order valence-electron chi connectivity index (χ4n) is 1.08. The van der Waals surface area contributed by atoms with Crippen molar-refractivity contribution in [2.45, 2.75) is 9.77 Å². The van der Waals surface area contributed by atoms with E-state index in [0.717, 1.165) is 0 Å². The van der Waals surface area contributed by atoms with Crippen molar-refractivity contribution in [1.29, 1.82) is 0 Å². The standard InChI is InChI=1S/C9H11NO5S/c10-9(6-11,8(12)13)16(14,15)7-4-2-1-3-5-7/h1-5,11H,6,10H2,(H,12,13)/t9-/m1/s1. The average molecular weight is 245 g/mol. The summed E-state index contributed by atoms with van der Waals surface area (Å²) in [7, 11) is -4.32. The second-order valence-electron chi connectivity index (χ2n) is 3.17. The first kappa shape index (κ1) is 12.6. The molecule has 0 amide bonds. The summed E-state index contributed by atoms with van der Waals surface area (Å²) in [5.41, 5.74) is 5.21. The van der Waals surface area contributed by atoms with Crippen molar-refractivity contribution in [3.63, 3.8) is 0 Å². The van der Waals surface area contributed by atoms with Gasteiger partial charge in [0.1, 0.15) is 0 Å². The number of aliphatic carboxylic acids is 1. The number of nitrogens with two attached hydrogens (primary N) is 1. The first-order valence-electron chi connectivity index (χ1n) is 4.29. The van der Waals surface area contributed by atoms with E-state index >= 15 is 0 Å². The molecule has 0 bridgehead atoms. The molecule has 88 valence electrons. The zero-order chi connectivity index (χ0) is 12.4. The molecule has 6 nitrogen and oxygen atoms in total. The van der Waals surface area contributed by atoms with E-state index in [4.69, 9.17) is 15.9 Å². The molecular formula is C9H11NO5S. The number of rotatable bonds is 4. The van der Waals surface area contributed by atoms with Crippen LogP contribution in [-0.2, 0) is 14.6 Å². The molecule has 1 atom stereocenters. The lowest BCUT2D eigenvalue weighted by Gasteiger charge is -2.21. The summed E-state index contributed by atoms with van der Waals surface area (Å²) in [6, 6.07) is 6.89. The van der Waals surface area contributed by atoms with Gasteiger partial charge in [-0.05, 0) is 12.1 Å². The Morgan fingerprint density at radius 2 is 1.81 bits per heavy atom. The molecule has 0 unspecified atom stereocenters. The number of aliphatic hydroxyl groups excluding tert-OH is 1. The third-order valence-corrected chi connectivity index (χ3v) is 4.29. The summed E-state index contributed by atoms with van der Waals surface area (Å²) in [6.07, 6.45) is 0. The molecule has 0 heterocycles. The van der Waals surface area contributed by atoms with Crippen molar-refractivity contribution in [3.05, 3.63) is 30.3 Å². The number of hydrogen-bond acceptors (Lipinski definition) is 5. The smallest absolute Gasteiger partial charge is 0.342 e. The van der Waals surface area contributed by atoms with Gasteiger partial charge in [-0.3, -0.25) is 0 Å². The largest absolute Gasteiger partial charge is 0.479 e. The molecule has 0 saturated carbocycles. The Hall–Kier alpha value is -1.44. The van der Waals surface area contributed by atoms with E-state index in [0.29, 0.717) is 0 Å². The van der Waals surface area contributed by atoms with Crippen LogP contribution in [0.3, 0.4) is 0 Å². The van der Waals surface area contributed by atoms with Crippen molar-refractivity contribution in [2.75, 3.05) is 6.61 Å². The van der Waals surface area contributed by atoms with Gasteiger partial charge in [0.05, 0.1) is 11.5 Å². The maximum atomic E-state index is 11.9. The summed E-state index contributed by atoms with van der Waals surface area (Å²) in [5.74, 6) is -1.79. The van der Waals surface area contributed by atoms with Crippen LogP contribution >= 0.6 is 0 Å². The molecule has 0 saturated heterocycles. The van der Waals surface area contributed by atoms with Gasteiger partial charge in [-0.1, -0.05) is 18.2 Å². The summed E-state index contributed by atoms with van der Waals surface area (Å²) in [5, 5.41) is 17.6. The number of sulfone groups is 1. The molecule has 0 aliphatic carbocycles. The van der Waals surface area contributed by atoms with Crippen molar-refractivity contribution in [1.82, 2.24) is 0 Å². The maximum Gasteiger partial charge on any atom is 0.342 e. The van der Waals surface area contributed by atoms with Gasteiger partial charge in [0.2, 0.25) is 14.7 Å². The topological polar surface area (TPSA) is 118 Å². The van der Waals surface area contributed by atoms with Crippen LogP contribution in [-0.4, -0.2) is 36.1 Å². The van der Waals surface area contributed by atoms with Gasteiger partial charge >= 0.3 is 5.97 Å². The molecule has 0 aromatic heterocycles. The van der Waals surface area contributed by atoms with Crippen LogP contribution in [0.2, 0.25) is 0 Å². The van der Waals surface area contributed by atoms with Crippen LogP contribution in [0, 0.1) is 0 Å². The summed E-state index contributed by atoms with van der Waals surface area (Å²) in [4.78, 5) is 7.85. The van der Waals surface area contributed by atoms with Crippen molar-refractivity contribution in [3.8, 4) is 0 Å². The number of benzene rings is 1. The zero-order valence-corrected chi connectivity index (χ0v) is 9.02. The van der Waals surface area contributed by atoms with Gasteiger partial charge in [-0.25, -0.2) is 13.2 Å². The Bertz CT molecular complexity index is 484. The van der Waals surface area contributed by atoms with Gasteiger partial charge < -0.3 is 15.9 Å². The number of hydrogen-bond donors (Lipinski definition) is 3. The minimum atomic E-state index is -4.32. The van der Waals surface area contributed by atoms with Gasteiger partial charge in [0, 0.05) is 0 Å². The molecule has 0 spiro atoms. The predicted octanol–water partition coefficient (Wildman–Crippen LogP) is -0.808. The SMILES string of the molecule is N[C@@](CO)(C(=O)O)S(=O)(=O)c1ccccc1. The molecule has 4 N–H and O–H groups in total. The van der Waals surface area contributed by atoms with E-state index in [1.165, 1.54) is 24.3 Å². The van der Waals surface area contributed by atoms with Crippen molar-refractivity contribution >= 4 is 15.8 Å². The molecule has 16 heavy (non-hydrogen) atoms. The second kappa shape index (κ2) is 4.20. The van der Waals surface area contributed by atoms with Crippen LogP contribution in [0.1, 0.15) is 0 Å². The lowest BCUT2D eigenvalue weighted by atomic mass is 10.3. The first-order chi connectivity index (χ1) is 7.36. The molecule has 0 aliphatic rings. The number of aliphatic hydroxyl groups is 1. The van der Waals surface area contributed by atoms with E-state index in [-0.39, 0.29) is 4.90 Å². The molecule has 0 radical (unpaired) electrons. The fraction of sp³-hybridized carbons (Fsp3) is 0.222. The Labute approximate surface area is 92.2 Å². The highest BCUT2D eigenvalue weighted by Gasteiger charge is 2.48. The average Bonchev–Trinajstić information content (AvgIpc) is 2.28. The predicted molar refractivity (Wildman–Crippen MR) is 55.3 cm³/mol. The van der Waals surface area contributed by atoms with Gasteiger partial charge in [-0.2, -0.15) is 0 Å². The second-order valence-corrected chi connectivity index (χ2v) is 5.38. The van der Waals surface area contributed by atoms with Crippen LogP contribution in [0.5, 0.6) is 0 Å².